The number of methoxy groups -OCH3 is 1. The van der Waals surface area contributed by atoms with Gasteiger partial charge in [-0.15, -0.1) is 0 Å². The van der Waals surface area contributed by atoms with Crippen LogP contribution in [0.4, 0.5) is 0 Å². The Labute approximate surface area is 97.1 Å². The van der Waals surface area contributed by atoms with Crippen molar-refractivity contribution >= 4 is 15.9 Å². The molecule has 82 valence electrons. The van der Waals surface area contributed by atoms with E-state index in [1.54, 1.807) is 19.2 Å². The van der Waals surface area contributed by atoms with Gasteiger partial charge in [0.2, 0.25) is 0 Å². The number of ether oxygens (including phenoxy) is 2. The number of hydrogen-bond acceptors (Lipinski definition) is 3. The van der Waals surface area contributed by atoms with E-state index in [4.69, 9.17) is 9.47 Å². The van der Waals surface area contributed by atoms with Crippen LogP contribution in [0.2, 0.25) is 0 Å². The summed E-state index contributed by atoms with van der Waals surface area (Å²) in [6, 6.07) is 3.16. The molecule has 0 heterocycles. The molecule has 0 amide bonds. The molecule has 4 heteroatoms. The highest BCUT2D eigenvalue weighted by atomic mass is 79.9. The zero-order valence-electron chi connectivity index (χ0n) is 8.50. The minimum atomic E-state index is 0.175. The molecule has 1 fully saturated rings. The van der Waals surface area contributed by atoms with E-state index in [-0.39, 0.29) is 5.75 Å². The smallest absolute Gasteiger partial charge is 0.175 e. The van der Waals surface area contributed by atoms with Crippen molar-refractivity contribution in [3.05, 3.63) is 16.6 Å². The normalized spacial score (nSPS) is 15.1. The van der Waals surface area contributed by atoms with Crippen molar-refractivity contribution in [2.45, 2.75) is 12.8 Å². The van der Waals surface area contributed by atoms with Crippen molar-refractivity contribution in [1.29, 1.82) is 0 Å². The molecule has 0 aliphatic heterocycles. The third-order valence-corrected chi connectivity index (χ3v) is 2.96. The van der Waals surface area contributed by atoms with Crippen molar-refractivity contribution in [1.82, 2.24) is 0 Å². The number of rotatable bonds is 4. The van der Waals surface area contributed by atoms with Gasteiger partial charge in [0.05, 0.1) is 18.2 Å². The Kier molecular flexibility index (Phi) is 3.05. The highest BCUT2D eigenvalue weighted by molar-refractivity contribution is 9.10. The van der Waals surface area contributed by atoms with E-state index in [9.17, 15) is 5.11 Å². The molecule has 1 N–H and O–H groups in total. The summed E-state index contributed by atoms with van der Waals surface area (Å²) in [5.41, 5.74) is 0. The number of halogens is 1. The zero-order chi connectivity index (χ0) is 10.8. The summed E-state index contributed by atoms with van der Waals surface area (Å²) >= 11 is 3.32. The van der Waals surface area contributed by atoms with Crippen LogP contribution >= 0.6 is 15.9 Å². The molecule has 0 bridgehead atoms. The van der Waals surface area contributed by atoms with Crippen LogP contribution in [-0.2, 0) is 0 Å². The van der Waals surface area contributed by atoms with Gasteiger partial charge < -0.3 is 14.6 Å². The zero-order valence-corrected chi connectivity index (χ0v) is 10.1. The molecule has 1 aromatic rings. The Morgan fingerprint density at radius 3 is 2.80 bits per heavy atom. The lowest BCUT2D eigenvalue weighted by Crippen LogP contribution is -2.01. The molecule has 0 saturated heterocycles. The Morgan fingerprint density at radius 2 is 2.20 bits per heavy atom. The Morgan fingerprint density at radius 1 is 1.47 bits per heavy atom. The maximum Gasteiger partial charge on any atom is 0.175 e. The van der Waals surface area contributed by atoms with Gasteiger partial charge >= 0.3 is 0 Å². The van der Waals surface area contributed by atoms with E-state index in [0.717, 1.165) is 0 Å². The highest BCUT2D eigenvalue weighted by Crippen LogP contribution is 2.40. The fourth-order valence-electron chi connectivity index (χ4n) is 1.35. The molecule has 0 unspecified atom stereocenters. The van der Waals surface area contributed by atoms with Crippen LogP contribution < -0.4 is 9.47 Å². The summed E-state index contributed by atoms with van der Waals surface area (Å²) in [4.78, 5) is 0. The fourth-order valence-corrected chi connectivity index (χ4v) is 1.94. The maximum atomic E-state index is 9.43. The first-order chi connectivity index (χ1) is 7.20. The third kappa shape index (κ3) is 2.56. The van der Waals surface area contributed by atoms with E-state index in [1.807, 2.05) is 0 Å². The highest BCUT2D eigenvalue weighted by Gasteiger charge is 2.23. The summed E-state index contributed by atoms with van der Waals surface area (Å²) in [7, 11) is 1.58. The Hall–Kier alpha value is -0.900. The molecule has 1 aliphatic carbocycles. The summed E-state index contributed by atoms with van der Waals surface area (Å²) in [6.07, 6.45) is 2.48. The van der Waals surface area contributed by atoms with Crippen molar-refractivity contribution in [3.8, 4) is 17.2 Å². The average molecular weight is 273 g/mol. The van der Waals surface area contributed by atoms with Crippen LogP contribution in [0.1, 0.15) is 12.8 Å². The van der Waals surface area contributed by atoms with Crippen LogP contribution in [0.5, 0.6) is 17.2 Å². The van der Waals surface area contributed by atoms with Gasteiger partial charge in [-0.25, -0.2) is 0 Å². The number of phenolic OH excluding ortho intramolecular Hbond substituents is 1. The van der Waals surface area contributed by atoms with Gasteiger partial charge in [0.1, 0.15) is 5.75 Å². The second kappa shape index (κ2) is 4.31. The van der Waals surface area contributed by atoms with Gasteiger partial charge in [0.15, 0.2) is 11.5 Å². The fraction of sp³-hybridized carbons (Fsp3) is 0.455. The van der Waals surface area contributed by atoms with E-state index >= 15 is 0 Å². The molecule has 0 spiro atoms. The minimum Gasteiger partial charge on any atom is -0.508 e. The number of aromatic hydroxyl groups is 1. The van der Waals surface area contributed by atoms with Crippen molar-refractivity contribution in [2.75, 3.05) is 13.7 Å². The molecule has 1 aromatic carbocycles. The lowest BCUT2D eigenvalue weighted by molar-refractivity contribution is 0.278. The first-order valence-electron chi connectivity index (χ1n) is 4.90. The monoisotopic (exact) mass is 272 g/mol. The molecule has 1 aliphatic rings. The van der Waals surface area contributed by atoms with Gasteiger partial charge in [-0.3, -0.25) is 0 Å². The Bertz CT molecular complexity index is 361. The van der Waals surface area contributed by atoms with Crippen LogP contribution in [0.3, 0.4) is 0 Å². The summed E-state index contributed by atoms with van der Waals surface area (Å²) in [5.74, 6) is 2.08. The van der Waals surface area contributed by atoms with Crippen LogP contribution in [0.15, 0.2) is 16.6 Å². The number of hydrogen-bond donors (Lipinski definition) is 1. The number of phenols is 1. The maximum absolute atomic E-state index is 9.43. The molecule has 1 saturated carbocycles. The second-order valence-corrected chi connectivity index (χ2v) is 4.57. The van der Waals surface area contributed by atoms with Gasteiger partial charge in [0, 0.05) is 6.07 Å². The van der Waals surface area contributed by atoms with Gasteiger partial charge in [-0.2, -0.15) is 0 Å². The first-order valence-corrected chi connectivity index (χ1v) is 5.69. The SMILES string of the molecule is COc1c(Br)cc(O)cc1OCC1CC1. The first kappa shape index (κ1) is 10.6. The minimum absolute atomic E-state index is 0.175. The van der Waals surface area contributed by atoms with Crippen LogP contribution in [0, 0.1) is 5.92 Å². The molecule has 15 heavy (non-hydrogen) atoms. The van der Waals surface area contributed by atoms with E-state index in [2.05, 4.69) is 15.9 Å². The largest absolute Gasteiger partial charge is 0.508 e. The molecule has 3 nitrogen and oxygen atoms in total. The second-order valence-electron chi connectivity index (χ2n) is 3.71. The predicted molar refractivity (Wildman–Crippen MR) is 60.6 cm³/mol. The van der Waals surface area contributed by atoms with Crippen molar-refractivity contribution in [3.63, 3.8) is 0 Å². The van der Waals surface area contributed by atoms with Crippen molar-refractivity contribution < 1.29 is 14.6 Å². The number of benzene rings is 1. The molecule has 2 rings (SSSR count). The van der Waals surface area contributed by atoms with Gasteiger partial charge in [-0.05, 0) is 40.8 Å². The molecular formula is C11H13BrO3. The van der Waals surface area contributed by atoms with Crippen LogP contribution in [0.25, 0.3) is 0 Å². The van der Waals surface area contributed by atoms with Crippen molar-refractivity contribution in [2.24, 2.45) is 5.92 Å². The standard InChI is InChI=1S/C11H13BrO3/c1-14-11-9(12)4-8(13)5-10(11)15-6-7-2-3-7/h4-5,7,13H,2-3,6H2,1H3. The lowest BCUT2D eigenvalue weighted by atomic mass is 10.3. The molecule has 0 atom stereocenters. The van der Waals surface area contributed by atoms with Gasteiger partial charge in [-0.1, -0.05) is 0 Å². The van der Waals surface area contributed by atoms with Crippen LogP contribution in [-0.4, -0.2) is 18.8 Å². The predicted octanol–water partition coefficient (Wildman–Crippen LogP) is 2.95. The third-order valence-electron chi connectivity index (χ3n) is 2.37. The topological polar surface area (TPSA) is 38.7 Å². The lowest BCUT2D eigenvalue weighted by Gasteiger charge is -2.12. The quantitative estimate of drug-likeness (QED) is 0.916. The summed E-state index contributed by atoms with van der Waals surface area (Å²) in [6.45, 7) is 0.701. The Balaban J connectivity index is 2.17. The van der Waals surface area contributed by atoms with Gasteiger partial charge in [0.25, 0.3) is 0 Å². The van der Waals surface area contributed by atoms with E-state index < -0.39 is 0 Å². The van der Waals surface area contributed by atoms with E-state index in [1.165, 1.54) is 12.8 Å². The average Bonchev–Trinajstić information content (AvgIpc) is 2.97. The summed E-state index contributed by atoms with van der Waals surface area (Å²) < 4.78 is 11.5. The van der Waals surface area contributed by atoms with E-state index in [0.29, 0.717) is 28.5 Å². The summed E-state index contributed by atoms with van der Waals surface area (Å²) in [5, 5.41) is 9.43. The molecule has 0 aromatic heterocycles. The molecular weight excluding hydrogens is 260 g/mol. The molecule has 0 radical (unpaired) electrons.